The normalized spacial score (nSPS) is 14.1. The van der Waals surface area contributed by atoms with Crippen LogP contribution in [0.4, 0.5) is 13.2 Å². The molecule has 1 aliphatic rings. The first kappa shape index (κ1) is 17.3. The van der Waals surface area contributed by atoms with Crippen LogP contribution < -0.4 is 5.32 Å². The van der Waals surface area contributed by atoms with Crippen LogP contribution in [0.1, 0.15) is 32.9 Å². The first-order chi connectivity index (χ1) is 12.8. The molecular formula is C18H16F3N5O. The molecule has 9 heteroatoms. The summed E-state index contributed by atoms with van der Waals surface area (Å²) in [6.45, 7) is 2.27. The molecule has 0 spiro atoms. The first-order valence-corrected chi connectivity index (χ1v) is 8.37. The molecule has 3 heterocycles. The second-order valence-corrected chi connectivity index (χ2v) is 6.46. The second-order valence-electron chi connectivity index (χ2n) is 6.46. The first-order valence-electron chi connectivity index (χ1n) is 8.37. The number of nitrogens with one attached hydrogen (secondary N) is 1. The van der Waals surface area contributed by atoms with Crippen LogP contribution in [0, 0.1) is 6.92 Å². The second kappa shape index (κ2) is 6.26. The van der Waals surface area contributed by atoms with Crippen LogP contribution in [-0.4, -0.2) is 31.8 Å². The molecule has 0 saturated carbocycles. The summed E-state index contributed by atoms with van der Waals surface area (Å²) in [5, 5.41) is 6.81. The van der Waals surface area contributed by atoms with Gasteiger partial charge in [0.05, 0.1) is 17.7 Å². The summed E-state index contributed by atoms with van der Waals surface area (Å²) < 4.78 is 43.2. The lowest BCUT2D eigenvalue weighted by molar-refractivity contribution is -0.142. The van der Waals surface area contributed by atoms with Crippen LogP contribution in [0.3, 0.4) is 0 Å². The van der Waals surface area contributed by atoms with Gasteiger partial charge in [0.15, 0.2) is 0 Å². The molecule has 0 atom stereocenters. The standard InChI is InChI=1S/C18H16F3N5O/c1-11-6-16(18(19,20)21)26(24-11)15-8-12(9-25-5-4-22-10-25)7-14-13(15)2-3-23-17(14)27/h4-8,10H,2-3,9H2,1H3,(H,23,27). The molecule has 6 nitrogen and oxygen atoms in total. The van der Waals surface area contributed by atoms with Gasteiger partial charge in [0, 0.05) is 31.0 Å². The fourth-order valence-corrected chi connectivity index (χ4v) is 3.33. The molecule has 0 radical (unpaired) electrons. The number of imidazole rings is 1. The monoisotopic (exact) mass is 375 g/mol. The summed E-state index contributed by atoms with van der Waals surface area (Å²) in [6.07, 6.45) is 0.866. The molecule has 1 aliphatic heterocycles. The van der Waals surface area contributed by atoms with Crippen molar-refractivity contribution in [1.82, 2.24) is 24.6 Å². The molecule has 0 aliphatic carbocycles. The number of halogens is 3. The fraction of sp³-hybridized carbons (Fsp3) is 0.278. The lowest BCUT2D eigenvalue weighted by Crippen LogP contribution is -2.33. The van der Waals surface area contributed by atoms with Gasteiger partial charge in [0.2, 0.25) is 0 Å². The predicted molar refractivity (Wildman–Crippen MR) is 90.7 cm³/mol. The summed E-state index contributed by atoms with van der Waals surface area (Å²) in [7, 11) is 0. The predicted octanol–water partition coefficient (Wildman–Crippen LogP) is 2.73. The van der Waals surface area contributed by atoms with Crippen molar-refractivity contribution in [2.75, 3.05) is 6.54 Å². The highest BCUT2D eigenvalue weighted by Crippen LogP contribution is 2.34. The van der Waals surface area contributed by atoms with Crippen LogP contribution in [0.25, 0.3) is 5.69 Å². The molecule has 0 saturated heterocycles. The van der Waals surface area contributed by atoms with E-state index in [-0.39, 0.29) is 17.3 Å². The van der Waals surface area contributed by atoms with Crippen molar-refractivity contribution in [3.05, 3.63) is 65.0 Å². The third-order valence-electron chi connectivity index (χ3n) is 4.47. The van der Waals surface area contributed by atoms with Crippen molar-refractivity contribution in [1.29, 1.82) is 0 Å². The number of carbonyl (C=O) groups excluding carboxylic acids is 1. The average molecular weight is 375 g/mol. The zero-order valence-corrected chi connectivity index (χ0v) is 14.4. The van der Waals surface area contributed by atoms with Gasteiger partial charge in [0.1, 0.15) is 5.69 Å². The van der Waals surface area contributed by atoms with E-state index in [0.29, 0.717) is 36.2 Å². The van der Waals surface area contributed by atoms with E-state index in [9.17, 15) is 18.0 Å². The minimum Gasteiger partial charge on any atom is -0.352 e. The number of nitrogens with zero attached hydrogens (tertiary/aromatic N) is 4. The fourth-order valence-electron chi connectivity index (χ4n) is 3.33. The van der Waals surface area contributed by atoms with Crippen molar-refractivity contribution < 1.29 is 18.0 Å². The molecule has 3 aromatic rings. The Bertz CT molecular complexity index is 1000. The molecule has 0 unspecified atom stereocenters. The third-order valence-corrected chi connectivity index (χ3v) is 4.47. The molecule has 2 aromatic heterocycles. The molecule has 1 aromatic carbocycles. The van der Waals surface area contributed by atoms with Gasteiger partial charge >= 0.3 is 6.18 Å². The number of aromatic nitrogens is 4. The van der Waals surface area contributed by atoms with Crippen LogP contribution >= 0.6 is 0 Å². The van der Waals surface area contributed by atoms with E-state index >= 15 is 0 Å². The maximum atomic E-state index is 13.5. The zero-order valence-electron chi connectivity index (χ0n) is 14.4. The van der Waals surface area contributed by atoms with Crippen molar-refractivity contribution in [2.45, 2.75) is 26.1 Å². The van der Waals surface area contributed by atoms with Crippen LogP contribution in [-0.2, 0) is 19.1 Å². The summed E-state index contributed by atoms with van der Waals surface area (Å²) in [4.78, 5) is 16.3. The van der Waals surface area contributed by atoms with Gasteiger partial charge in [-0.05, 0) is 42.7 Å². The lowest BCUT2D eigenvalue weighted by atomic mass is 9.95. The van der Waals surface area contributed by atoms with Gasteiger partial charge in [-0.3, -0.25) is 4.79 Å². The number of benzene rings is 1. The van der Waals surface area contributed by atoms with E-state index in [4.69, 9.17) is 0 Å². The number of hydrogen-bond donors (Lipinski definition) is 1. The van der Waals surface area contributed by atoms with Gasteiger partial charge in [0.25, 0.3) is 5.91 Å². The van der Waals surface area contributed by atoms with Crippen LogP contribution in [0.2, 0.25) is 0 Å². The Morgan fingerprint density at radius 3 is 2.78 bits per heavy atom. The van der Waals surface area contributed by atoms with E-state index in [0.717, 1.165) is 10.7 Å². The smallest absolute Gasteiger partial charge is 0.352 e. The van der Waals surface area contributed by atoms with Crippen molar-refractivity contribution in [3.8, 4) is 5.69 Å². The number of rotatable bonds is 3. The quantitative estimate of drug-likeness (QED) is 0.766. The number of amides is 1. The summed E-state index contributed by atoms with van der Waals surface area (Å²) in [5.41, 5.74) is 1.35. The van der Waals surface area contributed by atoms with Crippen LogP contribution in [0.15, 0.2) is 36.9 Å². The number of carbonyl (C=O) groups is 1. The summed E-state index contributed by atoms with van der Waals surface area (Å²) in [6, 6.07) is 4.40. The van der Waals surface area contributed by atoms with Gasteiger partial charge in [-0.2, -0.15) is 18.3 Å². The Balaban J connectivity index is 1.92. The Morgan fingerprint density at radius 1 is 1.26 bits per heavy atom. The highest BCUT2D eigenvalue weighted by Gasteiger charge is 2.37. The van der Waals surface area contributed by atoms with Crippen molar-refractivity contribution in [3.63, 3.8) is 0 Å². The van der Waals surface area contributed by atoms with E-state index < -0.39 is 11.9 Å². The van der Waals surface area contributed by atoms with Crippen molar-refractivity contribution >= 4 is 5.91 Å². The maximum Gasteiger partial charge on any atom is 0.433 e. The minimum atomic E-state index is -4.55. The Labute approximate surface area is 152 Å². The van der Waals surface area contributed by atoms with E-state index in [1.165, 1.54) is 6.92 Å². The average Bonchev–Trinajstić information content (AvgIpc) is 3.24. The molecular weight excluding hydrogens is 359 g/mol. The molecule has 140 valence electrons. The summed E-state index contributed by atoms with van der Waals surface area (Å²) >= 11 is 0. The molecule has 1 amide bonds. The number of aryl methyl sites for hydroxylation is 1. The highest BCUT2D eigenvalue weighted by molar-refractivity contribution is 5.98. The van der Waals surface area contributed by atoms with Crippen molar-refractivity contribution in [2.24, 2.45) is 0 Å². The van der Waals surface area contributed by atoms with E-state index in [1.807, 2.05) is 0 Å². The number of fused-ring (bicyclic) bond motifs is 1. The van der Waals surface area contributed by atoms with E-state index in [2.05, 4.69) is 15.4 Å². The van der Waals surface area contributed by atoms with Gasteiger partial charge < -0.3 is 9.88 Å². The SMILES string of the molecule is Cc1cc(C(F)(F)F)n(-c2cc(Cn3ccnc3)cc3c2CCNC3=O)n1. The maximum absolute atomic E-state index is 13.5. The zero-order chi connectivity index (χ0) is 19.2. The van der Waals surface area contributed by atoms with E-state index in [1.54, 1.807) is 35.4 Å². The third kappa shape index (κ3) is 3.20. The topological polar surface area (TPSA) is 64.7 Å². The summed E-state index contributed by atoms with van der Waals surface area (Å²) in [5.74, 6) is -0.289. The Kier molecular flexibility index (Phi) is 4.01. The Morgan fingerprint density at radius 2 is 2.07 bits per heavy atom. The van der Waals surface area contributed by atoms with Crippen LogP contribution in [0.5, 0.6) is 0 Å². The molecule has 0 bridgehead atoms. The van der Waals surface area contributed by atoms with Gasteiger partial charge in [-0.25, -0.2) is 9.67 Å². The number of alkyl halides is 3. The largest absolute Gasteiger partial charge is 0.433 e. The molecule has 0 fully saturated rings. The highest BCUT2D eigenvalue weighted by atomic mass is 19.4. The molecule has 4 rings (SSSR count). The van der Waals surface area contributed by atoms with Gasteiger partial charge in [-0.15, -0.1) is 0 Å². The van der Waals surface area contributed by atoms with Gasteiger partial charge in [-0.1, -0.05) is 0 Å². The molecule has 27 heavy (non-hydrogen) atoms. The lowest BCUT2D eigenvalue weighted by Gasteiger charge is -2.22. The minimum absolute atomic E-state index is 0.261. The molecule has 1 N–H and O–H groups in total. The number of hydrogen-bond acceptors (Lipinski definition) is 3. The Hall–Kier alpha value is -3.10.